The molecule has 0 aliphatic rings. The lowest BCUT2D eigenvalue weighted by atomic mass is 10.3. The molecule has 2 heteroatoms. The zero-order valence-corrected chi connectivity index (χ0v) is 7.39. The van der Waals surface area contributed by atoms with Gasteiger partial charge in [-0.15, -0.1) is 0 Å². The maximum Gasteiger partial charge on any atom is 0.145 e. The topological polar surface area (TPSA) is 17.1 Å². The summed E-state index contributed by atoms with van der Waals surface area (Å²) in [5.41, 5.74) is 0.685. The highest BCUT2D eigenvalue weighted by Crippen LogP contribution is 2.08. The first-order valence-electron chi connectivity index (χ1n) is 2.82. The van der Waals surface area contributed by atoms with E-state index in [9.17, 15) is 4.79 Å². The average molecular weight is 201 g/mol. The van der Waals surface area contributed by atoms with Crippen molar-refractivity contribution in [1.29, 1.82) is 0 Å². The van der Waals surface area contributed by atoms with E-state index in [0.29, 0.717) is 5.57 Å². The van der Waals surface area contributed by atoms with Crippen LogP contribution in [0.5, 0.6) is 0 Å². The molecule has 0 radical (unpaired) electrons. The highest BCUT2D eigenvalue weighted by atomic mass is 79.9. The maximum absolute atomic E-state index is 10.1. The van der Waals surface area contributed by atoms with Gasteiger partial charge in [-0.3, -0.25) is 4.79 Å². The Morgan fingerprint density at radius 3 is 2.60 bits per heavy atom. The molecule has 0 bridgehead atoms. The number of carbonyl (C=O) groups is 1. The smallest absolute Gasteiger partial charge is 0.145 e. The van der Waals surface area contributed by atoms with Gasteiger partial charge in [0.1, 0.15) is 6.29 Å². The van der Waals surface area contributed by atoms with Crippen molar-refractivity contribution in [3.63, 3.8) is 0 Å². The Morgan fingerprint density at radius 1 is 1.60 bits per heavy atom. The molecule has 0 saturated heterocycles. The Hall–Kier alpha value is -0.630. The Labute approximate surface area is 69.3 Å². The van der Waals surface area contributed by atoms with Crippen molar-refractivity contribution in [2.45, 2.75) is 6.92 Å². The first kappa shape index (κ1) is 9.37. The van der Waals surface area contributed by atoms with Crippen LogP contribution in [0.1, 0.15) is 6.92 Å². The minimum atomic E-state index is 0.685. The van der Waals surface area contributed by atoms with E-state index in [0.717, 1.165) is 10.8 Å². The number of aldehydes is 1. The third-order valence-corrected chi connectivity index (χ3v) is 1.32. The van der Waals surface area contributed by atoms with E-state index in [4.69, 9.17) is 0 Å². The molecule has 0 aliphatic carbocycles. The molecule has 0 unspecified atom stereocenters. The predicted octanol–water partition coefficient (Wildman–Crippen LogP) is 2.60. The lowest BCUT2D eigenvalue weighted by Crippen LogP contribution is -1.74. The van der Waals surface area contributed by atoms with E-state index < -0.39 is 0 Å². The Kier molecular flexibility index (Phi) is 4.85. The van der Waals surface area contributed by atoms with Crippen molar-refractivity contribution in [1.82, 2.24) is 0 Å². The van der Waals surface area contributed by atoms with Crippen LogP contribution in [0.4, 0.5) is 0 Å². The largest absolute Gasteiger partial charge is 0.298 e. The van der Waals surface area contributed by atoms with Crippen LogP contribution in [-0.4, -0.2) is 6.29 Å². The van der Waals surface area contributed by atoms with Gasteiger partial charge in [0.05, 0.1) is 0 Å². The number of hydrogen-bond acceptors (Lipinski definition) is 1. The number of halogens is 1. The van der Waals surface area contributed by atoms with Crippen LogP contribution in [0.25, 0.3) is 0 Å². The number of allylic oxidation sites excluding steroid dienone is 5. The Balaban J connectivity index is 4.24. The van der Waals surface area contributed by atoms with E-state index in [1.807, 2.05) is 0 Å². The summed E-state index contributed by atoms with van der Waals surface area (Å²) in [6.07, 6.45) is 5.96. The van der Waals surface area contributed by atoms with Gasteiger partial charge in [-0.05, 0) is 24.6 Å². The number of carbonyl (C=O) groups excluding carboxylic acids is 1. The Bertz CT molecular complexity index is 189. The minimum absolute atomic E-state index is 0.685. The monoisotopic (exact) mass is 200 g/mol. The molecule has 0 N–H and O–H groups in total. The molecule has 0 spiro atoms. The summed E-state index contributed by atoms with van der Waals surface area (Å²) in [5.74, 6) is 0. The predicted molar refractivity (Wildman–Crippen MR) is 47.0 cm³/mol. The molecule has 0 aliphatic heterocycles. The third-order valence-electron chi connectivity index (χ3n) is 0.829. The summed E-state index contributed by atoms with van der Waals surface area (Å²) in [5, 5.41) is 0. The van der Waals surface area contributed by atoms with Gasteiger partial charge in [0.25, 0.3) is 0 Å². The van der Waals surface area contributed by atoms with E-state index >= 15 is 0 Å². The zero-order valence-electron chi connectivity index (χ0n) is 5.80. The molecule has 1 nitrogen and oxygen atoms in total. The molecule has 10 heavy (non-hydrogen) atoms. The van der Waals surface area contributed by atoms with Gasteiger partial charge >= 0.3 is 0 Å². The second-order valence-corrected chi connectivity index (χ2v) is 2.71. The van der Waals surface area contributed by atoms with Crippen LogP contribution in [-0.2, 0) is 4.79 Å². The molecule has 0 heterocycles. The summed E-state index contributed by atoms with van der Waals surface area (Å²) < 4.78 is 0.854. The second kappa shape index (κ2) is 5.18. The summed E-state index contributed by atoms with van der Waals surface area (Å²) >= 11 is 3.23. The highest BCUT2D eigenvalue weighted by molar-refractivity contribution is 9.11. The van der Waals surface area contributed by atoms with Gasteiger partial charge in [-0.25, -0.2) is 0 Å². The maximum atomic E-state index is 10.1. The normalized spacial score (nSPS) is 13.0. The zero-order chi connectivity index (χ0) is 7.98. The van der Waals surface area contributed by atoms with Crippen LogP contribution in [0.3, 0.4) is 0 Å². The summed E-state index contributed by atoms with van der Waals surface area (Å²) in [7, 11) is 0. The van der Waals surface area contributed by atoms with E-state index in [1.165, 1.54) is 0 Å². The molecule has 0 rings (SSSR count). The van der Waals surface area contributed by atoms with Gasteiger partial charge < -0.3 is 0 Å². The highest BCUT2D eigenvalue weighted by Gasteiger charge is 1.85. The van der Waals surface area contributed by atoms with Crippen LogP contribution in [0.2, 0.25) is 0 Å². The molecule has 0 atom stereocenters. The lowest BCUT2D eigenvalue weighted by molar-refractivity contribution is -0.104. The fourth-order valence-electron chi connectivity index (χ4n) is 0.412. The van der Waals surface area contributed by atoms with Gasteiger partial charge in [-0.1, -0.05) is 28.6 Å². The molecule has 0 saturated carbocycles. The molecule has 0 aromatic heterocycles. The van der Waals surface area contributed by atoms with E-state index in [2.05, 4.69) is 22.5 Å². The fourth-order valence-corrected chi connectivity index (χ4v) is 0.960. The first-order chi connectivity index (χ1) is 4.70. The van der Waals surface area contributed by atoms with Crippen molar-refractivity contribution in [3.8, 4) is 0 Å². The summed E-state index contributed by atoms with van der Waals surface area (Å²) in [6.45, 7) is 5.25. The van der Waals surface area contributed by atoms with Crippen LogP contribution < -0.4 is 0 Å². The van der Waals surface area contributed by atoms with E-state index in [-0.39, 0.29) is 0 Å². The molecular formula is C8H9BrO. The lowest BCUT2D eigenvalue weighted by Gasteiger charge is -1.86. The van der Waals surface area contributed by atoms with Crippen LogP contribution >= 0.6 is 15.9 Å². The molecule has 0 aromatic carbocycles. The molecule has 54 valence electrons. The van der Waals surface area contributed by atoms with Gasteiger partial charge in [0, 0.05) is 4.48 Å². The van der Waals surface area contributed by atoms with Gasteiger partial charge in [0.2, 0.25) is 0 Å². The molecule has 0 amide bonds. The van der Waals surface area contributed by atoms with E-state index in [1.54, 1.807) is 25.2 Å². The third kappa shape index (κ3) is 4.27. The first-order valence-corrected chi connectivity index (χ1v) is 3.61. The SMILES string of the molecule is C=C/C=C(Br)\C=C(/C)C=O. The number of hydrogen-bond donors (Lipinski definition) is 0. The van der Waals surface area contributed by atoms with Gasteiger partial charge in [0.15, 0.2) is 0 Å². The second-order valence-electron chi connectivity index (χ2n) is 1.79. The van der Waals surface area contributed by atoms with Crippen LogP contribution in [0, 0.1) is 0 Å². The fraction of sp³-hybridized carbons (Fsp3) is 0.125. The van der Waals surface area contributed by atoms with Crippen molar-refractivity contribution in [2.75, 3.05) is 0 Å². The van der Waals surface area contributed by atoms with Crippen LogP contribution in [0.15, 0.2) is 34.9 Å². The molecular weight excluding hydrogens is 192 g/mol. The van der Waals surface area contributed by atoms with Crippen molar-refractivity contribution in [3.05, 3.63) is 34.9 Å². The Morgan fingerprint density at radius 2 is 2.20 bits per heavy atom. The van der Waals surface area contributed by atoms with Gasteiger partial charge in [-0.2, -0.15) is 0 Å². The average Bonchev–Trinajstić information content (AvgIpc) is 1.88. The van der Waals surface area contributed by atoms with Crippen molar-refractivity contribution >= 4 is 22.2 Å². The number of rotatable bonds is 3. The van der Waals surface area contributed by atoms with Crippen molar-refractivity contribution < 1.29 is 4.79 Å². The standard InChI is InChI=1S/C8H9BrO/c1-3-4-8(9)5-7(2)6-10/h3-6H,1H2,2H3/b7-5+,8-4+. The minimum Gasteiger partial charge on any atom is -0.298 e. The summed E-state index contributed by atoms with van der Waals surface area (Å²) in [4.78, 5) is 10.1. The quantitative estimate of drug-likeness (QED) is 0.389. The summed E-state index contributed by atoms with van der Waals surface area (Å²) in [6, 6.07) is 0. The molecule has 0 aromatic rings. The van der Waals surface area contributed by atoms with Crippen molar-refractivity contribution in [2.24, 2.45) is 0 Å². The molecule has 0 fully saturated rings.